The standard InChI is InChI=1S/C25H33N7O.HI/c1-17(2)29-25(33)30-22-12-10-20(11-13-22)15-27-24(26-5)28-16-21-8-6-7-9-23(21)32-19(4)14-18(3)31-32;/h6-14,17H,15-16H2,1-5H3,(H2,26,27,28)(H2,29,30,33);1H. The van der Waals surface area contributed by atoms with Gasteiger partial charge in [0.2, 0.25) is 0 Å². The molecule has 34 heavy (non-hydrogen) atoms. The molecule has 3 aromatic rings. The van der Waals surface area contributed by atoms with Crippen molar-refractivity contribution in [2.24, 2.45) is 4.99 Å². The Morgan fingerprint density at radius 2 is 1.71 bits per heavy atom. The maximum atomic E-state index is 11.8. The molecule has 0 unspecified atom stereocenters. The summed E-state index contributed by atoms with van der Waals surface area (Å²) in [4.78, 5) is 16.2. The van der Waals surface area contributed by atoms with E-state index < -0.39 is 0 Å². The van der Waals surface area contributed by atoms with Crippen molar-refractivity contribution in [1.29, 1.82) is 0 Å². The first-order valence-electron chi connectivity index (χ1n) is 11.1. The highest BCUT2D eigenvalue weighted by atomic mass is 127. The van der Waals surface area contributed by atoms with Gasteiger partial charge in [-0.15, -0.1) is 24.0 Å². The van der Waals surface area contributed by atoms with Crippen LogP contribution in [0, 0.1) is 13.8 Å². The minimum Gasteiger partial charge on any atom is -0.352 e. The molecule has 0 saturated carbocycles. The van der Waals surface area contributed by atoms with Crippen LogP contribution in [-0.4, -0.2) is 34.9 Å². The Morgan fingerprint density at radius 1 is 1.03 bits per heavy atom. The molecule has 1 heterocycles. The number of anilines is 1. The van der Waals surface area contributed by atoms with Crippen LogP contribution in [0.25, 0.3) is 5.69 Å². The second kappa shape index (κ2) is 13.0. The van der Waals surface area contributed by atoms with Gasteiger partial charge in [-0.05, 0) is 63.1 Å². The van der Waals surface area contributed by atoms with Gasteiger partial charge < -0.3 is 21.3 Å². The number of rotatable bonds is 7. The number of aromatic nitrogens is 2. The maximum Gasteiger partial charge on any atom is 0.319 e. The van der Waals surface area contributed by atoms with E-state index >= 15 is 0 Å². The maximum absolute atomic E-state index is 11.8. The Labute approximate surface area is 218 Å². The molecule has 0 fully saturated rings. The highest BCUT2D eigenvalue weighted by molar-refractivity contribution is 14.0. The lowest BCUT2D eigenvalue weighted by atomic mass is 10.1. The number of nitrogens with one attached hydrogen (secondary N) is 4. The lowest BCUT2D eigenvalue weighted by Crippen LogP contribution is -2.36. The summed E-state index contributed by atoms with van der Waals surface area (Å²) < 4.78 is 1.97. The molecule has 0 aliphatic heterocycles. The number of hydrogen-bond donors (Lipinski definition) is 4. The Morgan fingerprint density at radius 3 is 2.32 bits per heavy atom. The number of amides is 2. The molecular weight excluding hydrogens is 541 g/mol. The number of halogens is 1. The van der Waals surface area contributed by atoms with Crippen LogP contribution in [0.3, 0.4) is 0 Å². The molecule has 2 amide bonds. The SMILES string of the molecule is CN=C(NCc1ccc(NC(=O)NC(C)C)cc1)NCc1ccccc1-n1nc(C)cc1C.I. The number of aliphatic imine (C=N–C) groups is 1. The van der Waals surface area contributed by atoms with E-state index in [-0.39, 0.29) is 36.0 Å². The summed E-state index contributed by atoms with van der Waals surface area (Å²) in [6.45, 7) is 9.13. The second-order valence-electron chi connectivity index (χ2n) is 8.20. The summed E-state index contributed by atoms with van der Waals surface area (Å²) in [5.74, 6) is 0.705. The van der Waals surface area contributed by atoms with Crippen LogP contribution in [0.1, 0.15) is 36.4 Å². The fraction of sp³-hybridized carbons (Fsp3) is 0.320. The van der Waals surface area contributed by atoms with Crippen LogP contribution in [0.2, 0.25) is 0 Å². The van der Waals surface area contributed by atoms with E-state index in [2.05, 4.69) is 56.5 Å². The molecule has 182 valence electrons. The number of guanidine groups is 1. The average molecular weight is 575 g/mol. The van der Waals surface area contributed by atoms with Gasteiger partial charge in [-0.3, -0.25) is 4.99 Å². The first kappa shape index (κ1) is 27.2. The predicted molar refractivity (Wildman–Crippen MR) is 149 cm³/mol. The van der Waals surface area contributed by atoms with Gasteiger partial charge in [0.05, 0.1) is 11.4 Å². The molecule has 0 aliphatic carbocycles. The number of carbonyl (C=O) groups is 1. The van der Waals surface area contributed by atoms with Crippen molar-refractivity contribution < 1.29 is 4.79 Å². The number of urea groups is 1. The Bertz CT molecular complexity index is 1110. The number of benzene rings is 2. The van der Waals surface area contributed by atoms with Gasteiger partial charge in [0, 0.05) is 37.6 Å². The molecule has 1 aromatic heterocycles. The smallest absolute Gasteiger partial charge is 0.319 e. The molecule has 4 N–H and O–H groups in total. The Balaban J connectivity index is 0.00000408. The summed E-state index contributed by atoms with van der Waals surface area (Å²) in [7, 11) is 1.75. The van der Waals surface area contributed by atoms with Crippen molar-refractivity contribution in [2.75, 3.05) is 12.4 Å². The Kier molecular flexibility index (Phi) is 10.4. The quantitative estimate of drug-likeness (QED) is 0.190. The lowest BCUT2D eigenvalue weighted by molar-refractivity contribution is 0.250. The van der Waals surface area contributed by atoms with Crippen molar-refractivity contribution in [3.8, 4) is 5.69 Å². The lowest BCUT2D eigenvalue weighted by Gasteiger charge is -2.15. The third-order valence-electron chi connectivity index (χ3n) is 4.99. The van der Waals surface area contributed by atoms with Gasteiger partial charge in [-0.1, -0.05) is 30.3 Å². The molecule has 0 aliphatic rings. The minimum atomic E-state index is -0.207. The predicted octanol–water partition coefficient (Wildman–Crippen LogP) is 4.50. The fourth-order valence-electron chi connectivity index (χ4n) is 3.46. The summed E-state index contributed by atoms with van der Waals surface area (Å²) in [5, 5.41) is 17.0. The van der Waals surface area contributed by atoms with Crippen molar-refractivity contribution >= 4 is 41.7 Å². The number of nitrogens with zero attached hydrogens (tertiary/aromatic N) is 3. The number of hydrogen-bond acceptors (Lipinski definition) is 3. The molecule has 0 radical (unpaired) electrons. The first-order valence-corrected chi connectivity index (χ1v) is 11.1. The molecule has 8 nitrogen and oxygen atoms in total. The van der Waals surface area contributed by atoms with E-state index in [4.69, 9.17) is 0 Å². The van der Waals surface area contributed by atoms with Crippen LogP contribution in [-0.2, 0) is 13.1 Å². The summed E-state index contributed by atoms with van der Waals surface area (Å²) >= 11 is 0. The van der Waals surface area contributed by atoms with Crippen molar-refractivity contribution in [1.82, 2.24) is 25.7 Å². The zero-order chi connectivity index (χ0) is 23.8. The monoisotopic (exact) mass is 575 g/mol. The molecule has 0 saturated heterocycles. The van der Waals surface area contributed by atoms with Gasteiger partial charge in [0.1, 0.15) is 0 Å². The largest absolute Gasteiger partial charge is 0.352 e. The summed E-state index contributed by atoms with van der Waals surface area (Å²) in [5.41, 5.74) is 6.10. The van der Waals surface area contributed by atoms with E-state index in [0.29, 0.717) is 19.0 Å². The minimum absolute atomic E-state index is 0. The van der Waals surface area contributed by atoms with Crippen LogP contribution in [0.15, 0.2) is 59.6 Å². The molecule has 9 heteroatoms. The van der Waals surface area contributed by atoms with Crippen LogP contribution < -0.4 is 21.3 Å². The van der Waals surface area contributed by atoms with Crippen LogP contribution in [0.5, 0.6) is 0 Å². The average Bonchev–Trinajstić information content (AvgIpc) is 3.12. The van der Waals surface area contributed by atoms with Crippen LogP contribution in [0.4, 0.5) is 10.5 Å². The highest BCUT2D eigenvalue weighted by Gasteiger charge is 2.09. The fourth-order valence-corrected chi connectivity index (χ4v) is 3.46. The van der Waals surface area contributed by atoms with Crippen molar-refractivity contribution in [3.05, 3.63) is 77.1 Å². The summed E-state index contributed by atoms with van der Waals surface area (Å²) in [6.07, 6.45) is 0. The summed E-state index contributed by atoms with van der Waals surface area (Å²) in [6, 6.07) is 17.9. The molecule has 0 spiro atoms. The molecular formula is C25H34IN7O. The van der Waals surface area contributed by atoms with Gasteiger partial charge in [-0.25, -0.2) is 9.48 Å². The normalized spacial score (nSPS) is 11.1. The van der Waals surface area contributed by atoms with E-state index in [9.17, 15) is 4.79 Å². The first-order chi connectivity index (χ1) is 15.9. The van der Waals surface area contributed by atoms with Crippen LogP contribution >= 0.6 is 24.0 Å². The third-order valence-corrected chi connectivity index (χ3v) is 4.99. The molecule has 0 atom stereocenters. The van der Waals surface area contributed by atoms with Gasteiger partial charge in [0.25, 0.3) is 0 Å². The van der Waals surface area contributed by atoms with Gasteiger partial charge >= 0.3 is 6.03 Å². The Hall–Kier alpha value is -3.08. The van der Waals surface area contributed by atoms with E-state index in [1.165, 1.54) is 0 Å². The van der Waals surface area contributed by atoms with Gasteiger partial charge in [-0.2, -0.15) is 5.10 Å². The molecule has 0 bridgehead atoms. The van der Waals surface area contributed by atoms with Gasteiger partial charge in [0.15, 0.2) is 5.96 Å². The highest BCUT2D eigenvalue weighted by Crippen LogP contribution is 2.17. The third kappa shape index (κ3) is 7.75. The second-order valence-corrected chi connectivity index (χ2v) is 8.20. The zero-order valence-electron chi connectivity index (χ0n) is 20.3. The van der Waals surface area contributed by atoms with E-state index in [1.807, 2.05) is 61.9 Å². The molecule has 2 aromatic carbocycles. The molecule has 3 rings (SSSR count). The number of para-hydroxylation sites is 1. The topological polar surface area (TPSA) is 95.4 Å². The van der Waals surface area contributed by atoms with Crippen molar-refractivity contribution in [3.63, 3.8) is 0 Å². The van der Waals surface area contributed by atoms with E-state index in [0.717, 1.165) is 33.9 Å². The van der Waals surface area contributed by atoms with Crippen molar-refractivity contribution in [2.45, 2.75) is 46.8 Å². The number of carbonyl (C=O) groups excluding carboxylic acids is 1. The number of aryl methyl sites for hydroxylation is 2. The zero-order valence-corrected chi connectivity index (χ0v) is 22.7. The van der Waals surface area contributed by atoms with E-state index in [1.54, 1.807) is 7.05 Å².